The Labute approximate surface area is 89.9 Å². The van der Waals surface area contributed by atoms with E-state index in [1.165, 1.54) is 0 Å². The van der Waals surface area contributed by atoms with Crippen LogP contribution < -0.4 is 5.73 Å². The zero-order valence-electron chi connectivity index (χ0n) is 8.86. The first kappa shape index (κ1) is 11.4. The van der Waals surface area contributed by atoms with Gasteiger partial charge in [-0.2, -0.15) is 0 Å². The molecule has 0 aliphatic carbocycles. The first-order valence-electron chi connectivity index (χ1n) is 4.96. The SMILES string of the molecule is C=Cc1csc(CC[C@@H](N)C(C)C)n1. The van der Waals surface area contributed by atoms with E-state index in [-0.39, 0.29) is 6.04 Å². The minimum atomic E-state index is 0.283. The third-order valence-electron chi connectivity index (χ3n) is 2.33. The molecule has 78 valence electrons. The summed E-state index contributed by atoms with van der Waals surface area (Å²) in [6.07, 6.45) is 3.78. The Bertz CT molecular complexity index is 291. The number of aromatic nitrogens is 1. The van der Waals surface area contributed by atoms with Crippen molar-refractivity contribution in [2.75, 3.05) is 0 Å². The number of aryl methyl sites for hydroxylation is 1. The van der Waals surface area contributed by atoms with E-state index in [0.29, 0.717) is 5.92 Å². The molecule has 14 heavy (non-hydrogen) atoms. The van der Waals surface area contributed by atoms with Crippen LogP contribution in [0.5, 0.6) is 0 Å². The fraction of sp³-hybridized carbons (Fsp3) is 0.545. The third kappa shape index (κ3) is 3.24. The van der Waals surface area contributed by atoms with E-state index >= 15 is 0 Å². The molecule has 0 aromatic carbocycles. The number of hydrogen-bond acceptors (Lipinski definition) is 3. The molecule has 1 heterocycles. The molecule has 1 atom stereocenters. The highest BCUT2D eigenvalue weighted by Gasteiger charge is 2.08. The fourth-order valence-corrected chi connectivity index (χ4v) is 1.96. The second-order valence-corrected chi connectivity index (χ2v) is 4.76. The molecule has 0 saturated heterocycles. The van der Waals surface area contributed by atoms with Crippen LogP contribution in [0.1, 0.15) is 31.0 Å². The van der Waals surface area contributed by atoms with Crippen molar-refractivity contribution in [3.05, 3.63) is 22.7 Å². The molecule has 0 fully saturated rings. The molecule has 1 aromatic heterocycles. The Hall–Kier alpha value is -0.670. The van der Waals surface area contributed by atoms with Crippen LogP contribution in [0.15, 0.2) is 12.0 Å². The van der Waals surface area contributed by atoms with Crippen molar-refractivity contribution in [1.82, 2.24) is 4.98 Å². The smallest absolute Gasteiger partial charge is 0.0932 e. The van der Waals surface area contributed by atoms with Crippen LogP contribution in [0.4, 0.5) is 0 Å². The van der Waals surface area contributed by atoms with Gasteiger partial charge in [0.1, 0.15) is 0 Å². The van der Waals surface area contributed by atoms with Crippen LogP contribution in [-0.2, 0) is 6.42 Å². The number of nitrogens with zero attached hydrogens (tertiary/aromatic N) is 1. The molecule has 0 amide bonds. The first-order valence-corrected chi connectivity index (χ1v) is 5.84. The molecule has 3 heteroatoms. The Morgan fingerprint density at radius 3 is 2.86 bits per heavy atom. The minimum absolute atomic E-state index is 0.283. The average molecular weight is 210 g/mol. The molecule has 0 unspecified atom stereocenters. The van der Waals surface area contributed by atoms with Crippen molar-refractivity contribution in [3.63, 3.8) is 0 Å². The summed E-state index contributed by atoms with van der Waals surface area (Å²) in [7, 11) is 0. The van der Waals surface area contributed by atoms with Crippen molar-refractivity contribution < 1.29 is 0 Å². The molecule has 2 nitrogen and oxygen atoms in total. The molecule has 0 saturated carbocycles. The van der Waals surface area contributed by atoms with E-state index < -0.39 is 0 Å². The van der Waals surface area contributed by atoms with Gasteiger partial charge in [0.15, 0.2) is 0 Å². The summed E-state index contributed by atoms with van der Waals surface area (Å²) in [5, 5.41) is 3.19. The number of rotatable bonds is 5. The molecule has 0 radical (unpaired) electrons. The summed E-state index contributed by atoms with van der Waals surface area (Å²) < 4.78 is 0. The molecular formula is C11H18N2S. The van der Waals surface area contributed by atoms with Gasteiger partial charge < -0.3 is 5.73 Å². The topological polar surface area (TPSA) is 38.9 Å². The van der Waals surface area contributed by atoms with Gasteiger partial charge in [-0.25, -0.2) is 4.98 Å². The molecule has 1 aromatic rings. The Balaban J connectivity index is 2.41. The zero-order valence-corrected chi connectivity index (χ0v) is 9.68. The summed E-state index contributed by atoms with van der Waals surface area (Å²) in [5.41, 5.74) is 6.94. The lowest BCUT2D eigenvalue weighted by molar-refractivity contribution is 0.464. The van der Waals surface area contributed by atoms with E-state index in [4.69, 9.17) is 5.73 Å². The van der Waals surface area contributed by atoms with E-state index in [0.717, 1.165) is 23.5 Å². The van der Waals surface area contributed by atoms with Crippen LogP contribution in [0.25, 0.3) is 6.08 Å². The molecule has 0 aliphatic rings. The van der Waals surface area contributed by atoms with Gasteiger partial charge in [-0.15, -0.1) is 11.3 Å². The van der Waals surface area contributed by atoms with Crippen molar-refractivity contribution in [1.29, 1.82) is 0 Å². The minimum Gasteiger partial charge on any atom is -0.327 e. The van der Waals surface area contributed by atoms with Crippen LogP contribution in [0.2, 0.25) is 0 Å². The number of thiazole rings is 1. The second-order valence-electron chi connectivity index (χ2n) is 3.82. The standard InChI is InChI=1S/C11H18N2S/c1-4-9-7-14-11(13-9)6-5-10(12)8(2)3/h4,7-8,10H,1,5-6,12H2,2-3H3/t10-/m1/s1. The van der Waals surface area contributed by atoms with E-state index in [2.05, 4.69) is 25.4 Å². The van der Waals surface area contributed by atoms with Crippen LogP contribution in [0, 0.1) is 5.92 Å². The van der Waals surface area contributed by atoms with Gasteiger partial charge in [-0.1, -0.05) is 20.4 Å². The van der Waals surface area contributed by atoms with E-state index in [9.17, 15) is 0 Å². The summed E-state index contributed by atoms with van der Waals surface area (Å²) in [6, 6.07) is 0.283. The number of nitrogens with two attached hydrogens (primary N) is 1. The molecule has 1 rings (SSSR count). The molecule has 0 aliphatic heterocycles. The summed E-state index contributed by atoms with van der Waals surface area (Å²) in [4.78, 5) is 4.40. The summed E-state index contributed by atoms with van der Waals surface area (Å²) >= 11 is 1.69. The molecule has 0 spiro atoms. The Morgan fingerprint density at radius 1 is 1.64 bits per heavy atom. The van der Waals surface area contributed by atoms with E-state index in [1.54, 1.807) is 17.4 Å². The van der Waals surface area contributed by atoms with E-state index in [1.807, 2.05) is 5.38 Å². The Kier molecular flexibility index (Phi) is 4.29. The summed E-state index contributed by atoms with van der Waals surface area (Å²) in [5.74, 6) is 0.550. The normalized spacial score (nSPS) is 13.1. The lowest BCUT2D eigenvalue weighted by Crippen LogP contribution is -2.26. The zero-order chi connectivity index (χ0) is 10.6. The molecule has 2 N–H and O–H groups in total. The summed E-state index contributed by atoms with van der Waals surface area (Å²) in [6.45, 7) is 8.00. The van der Waals surface area contributed by atoms with Gasteiger partial charge in [0, 0.05) is 17.8 Å². The van der Waals surface area contributed by atoms with Crippen molar-refractivity contribution in [2.45, 2.75) is 32.7 Å². The largest absolute Gasteiger partial charge is 0.327 e. The van der Waals surface area contributed by atoms with Gasteiger partial charge in [-0.05, 0) is 18.4 Å². The van der Waals surface area contributed by atoms with Crippen LogP contribution >= 0.6 is 11.3 Å². The van der Waals surface area contributed by atoms with Gasteiger partial charge in [0.2, 0.25) is 0 Å². The maximum Gasteiger partial charge on any atom is 0.0932 e. The van der Waals surface area contributed by atoms with Crippen LogP contribution in [0.3, 0.4) is 0 Å². The first-order chi connectivity index (χ1) is 6.63. The van der Waals surface area contributed by atoms with Crippen molar-refractivity contribution >= 4 is 17.4 Å². The van der Waals surface area contributed by atoms with Gasteiger partial charge >= 0.3 is 0 Å². The highest BCUT2D eigenvalue weighted by Crippen LogP contribution is 2.14. The van der Waals surface area contributed by atoms with Gasteiger partial charge in [0.25, 0.3) is 0 Å². The average Bonchev–Trinajstić information content (AvgIpc) is 2.61. The molecular weight excluding hydrogens is 192 g/mol. The lowest BCUT2D eigenvalue weighted by Gasteiger charge is -2.13. The fourth-order valence-electron chi connectivity index (χ4n) is 1.16. The predicted octanol–water partition coefficient (Wildman–Crippen LogP) is 2.70. The van der Waals surface area contributed by atoms with Gasteiger partial charge in [-0.3, -0.25) is 0 Å². The van der Waals surface area contributed by atoms with Crippen molar-refractivity contribution in [2.24, 2.45) is 11.7 Å². The Morgan fingerprint density at radius 2 is 2.36 bits per heavy atom. The number of hydrogen-bond donors (Lipinski definition) is 1. The van der Waals surface area contributed by atoms with Crippen LogP contribution in [-0.4, -0.2) is 11.0 Å². The second kappa shape index (κ2) is 5.27. The third-order valence-corrected chi connectivity index (χ3v) is 3.25. The van der Waals surface area contributed by atoms with Gasteiger partial charge in [0.05, 0.1) is 10.7 Å². The lowest BCUT2D eigenvalue weighted by atomic mass is 10.0. The highest BCUT2D eigenvalue weighted by molar-refractivity contribution is 7.09. The predicted molar refractivity (Wildman–Crippen MR) is 63.3 cm³/mol. The maximum absolute atomic E-state index is 5.96. The van der Waals surface area contributed by atoms with Crippen molar-refractivity contribution in [3.8, 4) is 0 Å². The molecule has 0 bridgehead atoms. The highest BCUT2D eigenvalue weighted by atomic mass is 32.1. The quantitative estimate of drug-likeness (QED) is 0.811. The maximum atomic E-state index is 5.96. The monoisotopic (exact) mass is 210 g/mol.